The predicted octanol–water partition coefficient (Wildman–Crippen LogP) is 1.06. The molecule has 0 aromatic heterocycles. The van der Waals surface area contributed by atoms with Crippen LogP contribution in [0.2, 0.25) is 0 Å². The molecule has 0 saturated carbocycles. The van der Waals surface area contributed by atoms with Crippen LogP contribution in [0.1, 0.15) is 16.8 Å². The van der Waals surface area contributed by atoms with E-state index in [9.17, 15) is 4.79 Å². The monoisotopic (exact) mass is 282 g/mol. The lowest BCUT2D eigenvalue weighted by Gasteiger charge is -2.11. The number of hydrogen-bond donors (Lipinski definition) is 2. The van der Waals surface area contributed by atoms with Crippen molar-refractivity contribution in [3.05, 3.63) is 23.8 Å². The Balaban J connectivity index is 2.36. The molecular weight excluding hydrogens is 260 g/mol. The maximum Gasteiger partial charge on any atom is 0.257 e. The zero-order valence-electron chi connectivity index (χ0n) is 12.0. The van der Waals surface area contributed by atoms with Crippen LogP contribution in [0.25, 0.3) is 0 Å². The van der Waals surface area contributed by atoms with Crippen molar-refractivity contribution in [3.63, 3.8) is 0 Å². The van der Waals surface area contributed by atoms with Crippen molar-refractivity contribution in [2.24, 2.45) is 0 Å². The van der Waals surface area contributed by atoms with E-state index in [2.05, 4.69) is 5.32 Å². The van der Waals surface area contributed by atoms with Crippen LogP contribution in [0.4, 0.5) is 5.69 Å². The highest BCUT2D eigenvalue weighted by Crippen LogP contribution is 2.23. The summed E-state index contributed by atoms with van der Waals surface area (Å²) in [5.41, 5.74) is 6.58. The molecule has 112 valence electrons. The molecule has 1 amide bonds. The zero-order valence-corrected chi connectivity index (χ0v) is 12.0. The van der Waals surface area contributed by atoms with Gasteiger partial charge in [0.05, 0.1) is 20.3 Å². The number of anilines is 1. The number of amides is 1. The fraction of sp³-hybridized carbons (Fsp3) is 0.500. The van der Waals surface area contributed by atoms with Crippen molar-refractivity contribution in [1.82, 2.24) is 5.32 Å². The lowest BCUT2D eigenvalue weighted by Crippen LogP contribution is -2.26. The second kappa shape index (κ2) is 9.17. The van der Waals surface area contributed by atoms with Gasteiger partial charge in [-0.05, 0) is 18.6 Å². The van der Waals surface area contributed by atoms with Gasteiger partial charge in [-0.1, -0.05) is 6.07 Å². The number of benzene rings is 1. The fourth-order valence-electron chi connectivity index (χ4n) is 1.67. The number of nitrogen functional groups attached to an aromatic ring is 1. The number of hydrogen-bond acceptors (Lipinski definition) is 5. The van der Waals surface area contributed by atoms with Gasteiger partial charge in [-0.25, -0.2) is 0 Å². The highest BCUT2D eigenvalue weighted by Gasteiger charge is 2.14. The molecule has 1 aromatic carbocycles. The summed E-state index contributed by atoms with van der Waals surface area (Å²) in [5, 5.41) is 2.80. The van der Waals surface area contributed by atoms with Crippen LogP contribution in [0, 0.1) is 0 Å². The van der Waals surface area contributed by atoms with Crippen molar-refractivity contribution in [1.29, 1.82) is 0 Å². The Morgan fingerprint density at radius 2 is 2.05 bits per heavy atom. The number of carbonyl (C=O) groups excluding carboxylic acids is 1. The number of ether oxygens (including phenoxy) is 3. The minimum Gasteiger partial charge on any atom is -0.496 e. The average Bonchev–Trinajstić information content (AvgIpc) is 2.45. The van der Waals surface area contributed by atoms with Gasteiger partial charge in [-0.2, -0.15) is 0 Å². The van der Waals surface area contributed by atoms with E-state index < -0.39 is 0 Å². The fourth-order valence-corrected chi connectivity index (χ4v) is 1.67. The van der Waals surface area contributed by atoms with Crippen LogP contribution in [0.5, 0.6) is 5.75 Å². The van der Waals surface area contributed by atoms with Gasteiger partial charge in [0.2, 0.25) is 0 Å². The highest BCUT2D eigenvalue weighted by molar-refractivity contribution is 6.01. The lowest BCUT2D eigenvalue weighted by atomic mass is 10.1. The van der Waals surface area contributed by atoms with Crippen LogP contribution in [-0.4, -0.2) is 46.5 Å². The molecule has 0 heterocycles. The van der Waals surface area contributed by atoms with Gasteiger partial charge in [0.1, 0.15) is 11.3 Å². The van der Waals surface area contributed by atoms with Gasteiger partial charge in [-0.15, -0.1) is 0 Å². The Morgan fingerprint density at radius 3 is 2.75 bits per heavy atom. The van der Waals surface area contributed by atoms with Gasteiger partial charge < -0.3 is 25.3 Å². The Hall–Kier alpha value is -1.79. The van der Waals surface area contributed by atoms with Gasteiger partial charge in [0.25, 0.3) is 5.91 Å². The third-order valence-corrected chi connectivity index (χ3v) is 2.69. The molecule has 0 saturated heterocycles. The Labute approximate surface area is 119 Å². The SMILES string of the molecule is COCCOCCCNC(=O)c1c(N)cccc1OC. The third-order valence-electron chi connectivity index (χ3n) is 2.69. The molecule has 0 aliphatic heterocycles. The second-order valence-electron chi connectivity index (χ2n) is 4.14. The molecule has 0 atom stereocenters. The number of rotatable bonds is 9. The summed E-state index contributed by atoms with van der Waals surface area (Å²) in [6.07, 6.45) is 0.727. The van der Waals surface area contributed by atoms with Crippen LogP contribution >= 0.6 is 0 Å². The summed E-state index contributed by atoms with van der Waals surface area (Å²) < 4.78 is 15.3. The molecule has 6 nitrogen and oxygen atoms in total. The molecule has 0 radical (unpaired) electrons. The van der Waals surface area contributed by atoms with E-state index in [0.717, 1.165) is 6.42 Å². The molecule has 6 heteroatoms. The van der Waals surface area contributed by atoms with E-state index in [0.29, 0.717) is 43.4 Å². The van der Waals surface area contributed by atoms with E-state index in [1.165, 1.54) is 7.11 Å². The van der Waals surface area contributed by atoms with Gasteiger partial charge in [0.15, 0.2) is 0 Å². The van der Waals surface area contributed by atoms with E-state index >= 15 is 0 Å². The van der Waals surface area contributed by atoms with E-state index in [4.69, 9.17) is 19.9 Å². The van der Waals surface area contributed by atoms with E-state index in [1.54, 1.807) is 25.3 Å². The minimum absolute atomic E-state index is 0.239. The molecule has 20 heavy (non-hydrogen) atoms. The molecule has 0 spiro atoms. The Morgan fingerprint density at radius 1 is 1.25 bits per heavy atom. The van der Waals surface area contributed by atoms with Crippen molar-refractivity contribution in [2.45, 2.75) is 6.42 Å². The summed E-state index contributed by atoms with van der Waals surface area (Å²) in [4.78, 5) is 12.0. The van der Waals surface area contributed by atoms with Crippen LogP contribution in [0.15, 0.2) is 18.2 Å². The molecule has 0 aliphatic rings. The van der Waals surface area contributed by atoms with Crippen LogP contribution < -0.4 is 15.8 Å². The highest BCUT2D eigenvalue weighted by atomic mass is 16.5. The molecule has 0 unspecified atom stereocenters. The minimum atomic E-state index is -0.239. The second-order valence-corrected chi connectivity index (χ2v) is 4.14. The predicted molar refractivity (Wildman–Crippen MR) is 77.1 cm³/mol. The smallest absolute Gasteiger partial charge is 0.257 e. The van der Waals surface area contributed by atoms with Gasteiger partial charge >= 0.3 is 0 Å². The van der Waals surface area contributed by atoms with Crippen molar-refractivity contribution in [2.75, 3.05) is 46.3 Å². The number of methoxy groups -OCH3 is 2. The zero-order chi connectivity index (χ0) is 14.8. The Kier molecular flexibility index (Phi) is 7.46. The maximum absolute atomic E-state index is 12.0. The molecule has 0 fully saturated rings. The van der Waals surface area contributed by atoms with Gasteiger partial charge in [-0.3, -0.25) is 4.79 Å². The van der Waals surface area contributed by atoms with Crippen molar-refractivity contribution >= 4 is 11.6 Å². The first-order valence-corrected chi connectivity index (χ1v) is 6.48. The van der Waals surface area contributed by atoms with Crippen molar-refractivity contribution < 1.29 is 19.0 Å². The molecule has 1 rings (SSSR count). The molecule has 0 bridgehead atoms. The summed E-state index contributed by atoms with van der Waals surface area (Å²) in [5.74, 6) is 0.232. The van der Waals surface area contributed by atoms with Crippen LogP contribution in [-0.2, 0) is 9.47 Å². The Bertz CT molecular complexity index is 424. The number of nitrogens with one attached hydrogen (secondary N) is 1. The van der Waals surface area contributed by atoms with E-state index in [-0.39, 0.29) is 5.91 Å². The first-order chi connectivity index (χ1) is 9.70. The first kappa shape index (κ1) is 16.3. The maximum atomic E-state index is 12.0. The summed E-state index contributed by atoms with van der Waals surface area (Å²) in [7, 11) is 3.14. The molecule has 1 aromatic rings. The number of nitrogens with two attached hydrogens (primary N) is 1. The summed E-state index contributed by atoms with van der Waals surface area (Å²) >= 11 is 0. The average molecular weight is 282 g/mol. The first-order valence-electron chi connectivity index (χ1n) is 6.48. The van der Waals surface area contributed by atoms with Gasteiger partial charge in [0, 0.05) is 25.9 Å². The summed E-state index contributed by atoms with van der Waals surface area (Å²) in [6, 6.07) is 5.12. The van der Waals surface area contributed by atoms with Crippen molar-refractivity contribution in [3.8, 4) is 5.75 Å². The van der Waals surface area contributed by atoms with Crippen LogP contribution in [0.3, 0.4) is 0 Å². The van der Waals surface area contributed by atoms with E-state index in [1.807, 2.05) is 0 Å². The normalized spacial score (nSPS) is 10.3. The standard InChI is InChI=1S/C14H22N2O4/c1-18-9-10-20-8-4-7-16-14(17)13-11(15)5-3-6-12(13)19-2/h3,5-6H,4,7-10,15H2,1-2H3,(H,16,17). The largest absolute Gasteiger partial charge is 0.496 e. The molecule has 0 aliphatic carbocycles. The molecule has 3 N–H and O–H groups in total. The quantitative estimate of drug-likeness (QED) is 0.523. The summed E-state index contributed by atoms with van der Waals surface area (Å²) in [6.45, 7) is 2.22. The lowest BCUT2D eigenvalue weighted by molar-refractivity contribution is 0.0688. The number of carbonyl (C=O) groups is 1. The molecular formula is C14H22N2O4. The topological polar surface area (TPSA) is 82.8 Å². The third kappa shape index (κ3) is 5.07.